The number of carbonyl (C=O) groups is 1. The lowest BCUT2D eigenvalue weighted by molar-refractivity contribution is -0.118. The molecule has 82 valence electrons. The maximum absolute atomic E-state index is 11.4. The van der Waals surface area contributed by atoms with Crippen LogP contribution in [0.25, 0.3) is 10.9 Å². The van der Waals surface area contributed by atoms with Gasteiger partial charge in [-0.25, -0.2) is 0 Å². The van der Waals surface area contributed by atoms with Crippen LogP contribution < -0.4 is 0 Å². The molecule has 0 atom stereocenters. The van der Waals surface area contributed by atoms with Crippen LogP contribution in [0, 0.1) is 13.8 Å². The SMILES string of the molecule is Cc1[nH]c2ccc3c(c2c1C)CCC(=O)C3. The largest absolute Gasteiger partial charge is 0.358 e. The van der Waals surface area contributed by atoms with E-state index in [1.165, 1.54) is 33.3 Å². The van der Waals surface area contributed by atoms with Gasteiger partial charge in [-0.05, 0) is 43.0 Å². The molecule has 0 radical (unpaired) electrons. The highest BCUT2D eigenvalue weighted by molar-refractivity contribution is 5.93. The van der Waals surface area contributed by atoms with Crippen LogP contribution in [0.5, 0.6) is 0 Å². The first-order chi connectivity index (χ1) is 7.66. The molecular formula is C14H15NO. The van der Waals surface area contributed by atoms with Crippen molar-refractivity contribution in [3.05, 3.63) is 34.5 Å². The van der Waals surface area contributed by atoms with E-state index in [0.717, 1.165) is 6.42 Å². The molecule has 2 aromatic rings. The van der Waals surface area contributed by atoms with E-state index in [1.807, 2.05) is 0 Å². The maximum atomic E-state index is 11.4. The summed E-state index contributed by atoms with van der Waals surface area (Å²) in [4.78, 5) is 14.8. The molecule has 0 aliphatic heterocycles. The van der Waals surface area contributed by atoms with Gasteiger partial charge < -0.3 is 4.98 Å². The first-order valence-corrected chi connectivity index (χ1v) is 5.78. The van der Waals surface area contributed by atoms with Crippen LogP contribution in [0.1, 0.15) is 28.8 Å². The molecule has 0 unspecified atom stereocenters. The molecule has 0 amide bonds. The fraction of sp³-hybridized carbons (Fsp3) is 0.357. The molecule has 2 heteroatoms. The lowest BCUT2D eigenvalue weighted by atomic mass is 9.87. The summed E-state index contributed by atoms with van der Waals surface area (Å²) in [6, 6.07) is 4.21. The van der Waals surface area contributed by atoms with Crippen molar-refractivity contribution in [2.45, 2.75) is 33.1 Å². The average molecular weight is 213 g/mol. The molecule has 0 saturated heterocycles. The molecule has 1 N–H and O–H groups in total. The fourth-order valence-electron chi connectivity index (χ4n) is 2.72. The van der Waals surface area contributed by atoms with Crippen LogP contribution in [0.2, 0.25) is 0 Å². The standard InChI is InChI=1S/C14H15NO/c1-8-9(2)15-13-6-3-10-7-11(16)4-5-12(10)14(8)13/h3,6,15H,4-5,7H2,1-2H3. The summed E-state index contributed by atoms with van der Waals surface area (Å²) in [7, 11) is 0. The predicted molar refractivity (Wildman–Crippen MR) is 64.8 cm³/mol. The fourth-order valence-corrected chi connectivity index (χ4v) is 2.72. The second-order valence-corrected chi connectivity index (χ2v) is 4.72. The van der Waals surface area contributed by atoms with Crippen molar-refractivity contribution in [3.63, 3.8) is 0 Å². The van der Waals surface area contributed by atoms with Gasteiger partial charge in [0.1, 0.15) is 5.78 Å². The summed E-state index contributed by atoms with van der Waals surface area (Å²) in [5.74, 6) is 0.372. The summed E-state index contributed by atoms with van der Waals surface area (Å²) >= 11 is 0. The molecule has 1 heterocycles. The number of aryl methyl sites for hydroxylation is 3. The van der Waals surface area contributed by atoms with Crippen molar-refractivity contribution in [1.29, 1.82) is 0 Å². The van der Waals surface area contributed by atoms with Crippen LogP contribution in [-0.4, -0.2) is 10.8 Å². The smallest absolute Gasteiger partial charge is 0.137 e. The Hall–Kier alpha value is -1.57. The van der Waals surface area contributed by atoms with E-state index in [2.05, 4.69) is 31.0 Å². The van der Waals surface area contributed by atoms with Crippen LogP contribution in [0.15, 0.2) is 12.1 Å². The number of aromatic nitrogens is 1. The third-order valence-electron chi connectivity index (χ3n) is 3.71. The summed E-state index contributed by atoms with van der Waals surface area (Å²) in [5.41, 5.74) is 6.40. The number of Topliss-reactive ketones (excluding diaryl/α,β-unsaturated/α-hetero) is 1. The molecule has 3 rings (SSSR count). The molecule has 0 spiro atoms. The van der Waals surface area contributed by atoms with Crippen LogP contribution in [0.4, 0.5) is 0 Å². The van der Waals surface area contributed by atoms with Gasteiger partial charge in [0.25, 0.3) is 0 Å². The number of H-pyrrole nitrogens is 1. The minimum absolute atomic E-state index is 0.372. The van der Waals surface area contributed by atoms with E-state index in [1.54, 1.807) is 0 Å². The summed E-state index contributed by atoms with van der Waals surface area (Å²) in [5, 5.41) is 1.35. The predicted octanol–water partition coefficient (Wildman–Crippen LogP) is 2.84. The zero-order valence-corrected chi connectivity index (χ0v) is 9.68. The van der Waals surface area contributed by atoms with Crippen LogP contribution in [-0.2, 0) is 17.6 Å². The van der Waals surface area contributed by atoms with Crippen molar-refractivity contribution in [2.24, 2.45) is 0 Å². The Morgan fingerprint density at radius 1 is 1.19 bits per heavy atom. The number of fused-ring (bicyclic) bond motifs is 3. The first kappa shape index (κ1) is 9.64. The van der Waals surface area contributed by atoms with Crippen molar-refractivity contribution in [1.82, 2.24) is 4.98 Å². The summed E-state index contributed by atoms with van der Waals surface area (Å²) in [6.07, 6.45) is 2.23. The van der Waals surface area contributed by atoms with Crippen molar-refractivity contribution in [3.8, 4) is 0 Å². The first-order valence-electron chi connectivity index (χ1n) is 5.78. The third kappa shape index (κ3) is 1.22. The van der Waals surface area contributed by atoms with E-state index >= 15 is 0 Å². The zero-order valence-electron chi connectivity index (χ0n) is 9.68. The number of carbonyl (C=O) groups excluding carboxylic acids is 1. The number of hydrogen-bond donors (Lipinski definition) is 1. The highest BCUT2D eigenvalue weighted by Gasteiger charge is 2.19. The van der Waals surface area contributed by atoms with Crippen molar-refractivity contribution >= 4 is 16.7 Å². The molecule has 1 aliphatic rings. The monoisotopic (exact) mass is 213 g/mol. The van der Waals surface area contributed by atoms with E-state index in [4.69, 9.17) is 0 Å². The third-order valence-corrected chi connectivity index (χ3v) is 3.71. The molecule has 0 bridgehead atoms. The molecule has 16 heavy (non-hydrogen) atoms. The topological polar surface area (TPSA) is 32.9 Å². The Morgan fingerprint density at radius 2 is 2.00 bits per heavy atom. The van der Waals surface area contributed by atoms with Gasteiger partial charge in [-0.3, -0.25) is 4.79 Å². The highest BCUT2D eigenvalue weighted by atomic mass is 16.1. The number of ketones is 1. The molecule has 1 aromatic heterocycles. The second kappa shape index (κ2) is 3.21. The number of benzene rings is 1. The number of nitrogens with one attached hydrogen (secondary N) is 1. The lowest BCUT2D eigenvalue weighted by Crippen LogP contribution is -2.13. The Labute approximate surface area is 94.7 Å². The van der Waals surface area contributed by atoms with E-state index in [-0.39, 0.29) is 0 Å². The van der Waals surface area contributed by atoms with Gasteiger partial charge in [-0.2, -0.15) is 0 Å². The van der Waals surface area contributed by atoms with Gasteiger partial charge in [-0.1, -0.05) is 6.07 Å². The van der Waals surface area contributed by atoms with Crippen molar-refractivity contribution < 1.29 is 4.79 Å². The number of rotatable bonds is 0. The average Bonchev–Trinajstić information content (AvgIpc) is 2.55. The Kier molecular flexibility index (Phi) is 1.93. The van der Waals surface area contributed by atoms with Gasteiger partial charge in [-0.15, -0.1) is 0 Å². The second-order valence-electron chi connectivity index (χ2n) is 4.72. The van der Waals surface area contributed by atoms with Crippen molar-refractivity contribution in [2.75, 3.05) is 0 Å². The Balaban J connectivity index is 2.34. The van der Waals surface area contributed by atoms with Gasteiger partial charge >= 0.3 is 0 Å². The molecule has 0 fully saturated rings. The minimum atomic E-state index is 0.372. The van der Waals surface area contributed by atoms with E-state index in [0.29, 0.717) is 18.6 Å². The quantitative estimate of drug-likeness (QED) is 0.717. The van der Waals surface area contributed by atoms with Gasteiger partial charge in [0.05, 0.1) is 0 Å². The normalized spacial score (nSPS) is 15.5. The number of hydrogen-bond acceptors (Lipinski definition) is 1. The summed E-state index contributed by atoms with van der Waals surface area (Å²) in [6.45, 7) is 4.26. The molecular weight excluding hydrogens is 198 g/mol. The van der Waals surface area contributed by atoms with Gasteiger partial charge in [0.15, 0.2) is 0 Å². The van der Waals surface area contributed by atoms with Gasteiger partial charge in [0.2, 0.25) is 0 Å². The Morgan fingerprint density at radius 3 is 2.81 bits per heavy atom. The number of aromatic amines is 1. The van der Waals surface area contributed by atoms with E-state index < -0.39 is 0 Å². The Bertz CT molecular complexity index is 592. The molecule has 1 aromatic carbocycles. The molecule has 0 saturated carbocycles. The highest BCUT2D eigenvalue weighted by Crippen LogP contribution is 2.31. The minimum Gasteiger partial charge on any atom is -0.358 e. The van der Waals surface area contributed by atoms with Crippen LogP contribution in [0.3, 0.4) is 0 Å². The maximum Gasteiger partial charge on any atom is 0.137 e. The molecule has 2 nitrogen and oxygen atoms in total. The molecule has 1 aliphatic carbocycles. The van der Waals surface area contributed by atoms with E-state index in [9.17, 15) is 4.79 Å². The van der Waals surface area contributed by atoms with Crippen LogP contribution >= 0.6 is 0 Å². The van der Waals surface area contributed by atoms with Gasteiger partial charge in [0, 0.05) is 29.4 Å². The lowest BCUT2D eigenvalue weighted by Gasteiger charge is -2.16. The summed E-state index contributed by atoms with van der Waals surface area (Å²) < 4.78 is 0. The zero-order chi connectivity index (χ0) is 11.3.